The molecule has 0 spiro atoms. The highest BCUT2D eigenvalue weighted by Crippen LogP contribution is 2.21. The topological polar surface area (TPSA) is 64.7 Å². The molecule has 1 N–H and O–H groups in total. The number of carbonyl (C=O) groups excluding carboxylic acids is 1. The van der Waals surface area contributed by atoms with Gasteiger partial charge in [0, 0.05) is 30.5 Å². The second-order valence-corrected chi connectivity index (χ2v) is 7.64. The number of nitrogens with zero attached hydrogens (tertiary/aromatic N) is 4. The van der Waals surface area contributed by atoms with Gasteiger partial charge in [-0.25, -0.2) is 14.4 Å². The zero-order valence-corrected chi connectivity index (χ0v) is 17.1. The minimum absolute atomic E-state index is 0.0972. The van der Waals surface area contributed by atoms with E-state index in [2.05, 4.69) is 15.3 Å². The third kappa shape index (κ3) is 4.60. The van der Waals surface area contributed by atoms with E-state index in [-0.39, 0.29) is 23.5 Å². The zero-order chi connectivity index (χ0) is 20.9. The van der Waals surface area contributed by atoms with Crippen molar-refractivity contribution in [3.63, 3.8) is 0 Å². The van der Waals surface area contributed by atoms with Crippen LogP contribution in [0.15, 0.2) is 84.8 Å². The van der Waals surface area contributed by atoms with E-state index in [1.54, 1.807) is 41.6 Å². The Bertz CT molecular complexity index is 1120. The normalized spacial score (nSPS) is 11.9. The molecular weight excluding hydrogens is 401 g/mol. The first-order valence-corrected chi connectivity index (χ1v) is 10.4. The van der Waals surface area contributed by atoms with Gasteiger partial charge in [-0.05, 0) is 42.8 Å². The smallest absolute Gasteiger partial charge is 0.230 e. The number of imidazole rings is 2. The van der Waals surface area contributed by atoms with Crippen LogP contribution in [0.4, 0.5) is 4.39 Å². The summed E-state index contributed by atoms with van der Waals surface area (Å²) < 4.78 is 17.2. The summed E-state index contributed by atoms with van der Waals surface area (Å²) >= 11 is 1.31. The van der Waals surface area contributed by atoms with Crippen molar-refractivity contribution in [3.8, 4) is 11.4 Å². The molecule has 0 saturated heterocycles. The quantitative estimate of drug-likeness (QED) is 0.455. The van der Waals surface area contributed by atoms with Crippen LogP contribution in [0.25, 0.3) is 11.4 Å². The third-order valence-corrected chi connectivity index (χ3v) is 5.57. The summed E-state index contributed by atoms with van der Waals surface area (Å²) in [6.45, 7) is 1.95. The molecule has 0 unspecified atom stereocenters. The lowest BCUT2D eigenvalue weighted by Crippen LogP contribution is -2.28. The lowest BCUT2D eigenvalue weighted by Gasteiger charge is -2.15. The molecule has 0 radical (unpaired) electrons. The lowest BCUT2D eigenvalue weighted by molar-refractivity contribution is -0.119. The summed E-state index contributed by atoms with van der Waals surface area (Å²) in [4.78, 5) is 20.8. The maximum absolute atomic E-state index is 13.5. The molecule has 30 heavy (non-hydrogen) atoms. The Hall–Kier alpha value is -3.39. The highest BCUT2D eigenvalue weighted by molar-refractivity contribution is 7.99. The molecule has 0 fully saturated rings. The van der Waals surface area contributed by atoms with E-state index >= 15 is 0 Å². The minimum Gasteiger partial charge on any atom is -0.349 e. The molecule has 1 amide bonds. The van der Waals surface area contributed by atoms with Gasteiger partial charge in [-0.15, -0.1) is 0 Å². The van der Waals surface area contributed by atoms with E-state index in [1.807, 2.05) is 42.0 Å². The van der Waals surface area contributed by atoms with Crippen LogP contribution in [0.5, 0.6) is 0 Å². The predicted molar refractivity (Wildman–Crippen MR) is 114 cm³/mol. The molecule has 2 aromatic carbocycles. The van der Waals surface area contributed by atoms with Crippen molar-refractivity contribution in [2.75, 3.05) is 5.75 Å². The van der Waals surface area contributed by atoms with Gasteiger partial charge in [0.25, 0.3) is 0 Å². The number of benzene rings is 2. The van der Waals surface area contributed by atoms with Crippen molar-refractivity contribution >= 4 is 17.7 Å². The number of hydrogen-bond donors (Lipinski definition) is 1. The van der Waals surface area contributed by atoms with Gasteiger partial charge in [0.05, 0.1) is 23.8 Å². The fourth-order valence-corrected chi connectivity index (χ4v) is 3.85. The first kappa shape index (κ1) is 19.9. The van der Waals surface area contributed by atoms with Crippen molar-refractivity contribution in [3.05, 3.63) is 91.0 Å². The van der Waals surface area contributed by atoms with Crippen LogP contribution >= 0.6 is 11.8 Å². The number of hydrogen-bond acceptors (Lipinski definition) is 4. The number of amides is 1. The Labute approximate surface area is 177 Å². The van der Waals surface area contributed by atoms with Crippen molar-refractivity contribution in [2.45, 2.75) is 18.1 Å². The molecule has 0 aliphatic rings. The summed E-state index contributed by atoms with van der Waals surface area (Å²) in [5.41, 5.74) is 2.69. The molecule has 152 valence electrons. The third-order valence-electron chi connectivity index (χ3n) is 4.60. The predicted octanol–water partition coefficient (Wildman–Crippen LogP) is 4.17. The molecule has 0 aliphatic carbocycles. The Morgan fingerprint density at radius 1 is 1.13 bits per heavy atom. The average Bonchev–Trinajstić information content (AvgIpc) is 3.44. The van der Waals surface area contributed by atoms with E-state index in [4.69, 9.17) is 0 Å². The summed E-state index contributed by atoms with van der Waals surface area (Å²) in [6.07, 6.45) is 8.74. The molecule has 0 bridgehead atoms. The number of thioether (sulfide) groups is 1. The van der Waals surface area contributed by atoms with E-state index in [0.29, 0.717) is 10.8 Å². The summed E-state index contributed by atoms with van der Waals surface area (Å²) in [5.74, 6) is -0.202. The van der Waals surface area contributed by atoms with Gasteiger partial charge in [0.15, 0.2) is 5.16 Å². The molecule has 1 atom stereocenters. The fraction of sp³-hybridized carbons (Fsp3) is 0.136. The number of halogens is 1. The summed E-state index contributed by atoms with van der Waals surface area (Å²) in [6, 6.07) is 14.1. The van der Waals surface area contributed by atoms with Crippen molar-refractivity contribution in [2.24, 2.45) is 0 Å². The van der Waals surface area contributed by atoms with Crippen molar-refractivity contribution < 1.29 is 9.18 Å². The summed E-state index contributed by atoms with van der Waals surface area (Å²) in [5, 5.41) is 3.64. The van der Waals surface area contributed by atoms with E-state index in [1.165, 1.54) is 23.9 Å². The second-order valence-electron chi connectivity index (χ2n) is 6.70. The van der Waals surface area contributed by atoms with E-state index in [0.717, 1.165) is 11.3 Å². The highest BCUT2D eigenvalue weighted by Gasteiger charge is 2.13. The summed E-state index contributed by atoms with van der Waals surface area (Å²) in [7, 11) is 0. The van der Waals surface area contributed by atoms with Gasteiger partial charge >= 0.3 is 0 Å². The standard InChI is InChI=1S/C22H20FN5OS/c1-16(17-5-7-19(8-6-17)27-11-9-24-15-27)26-21(29)14-30-22-25-10-12-28(22)20-4-2-3-18(23)13-20/h2-13,15-16H,14H2,1H3,(H,26,29)/t16-/m1/s1. The first-order valence-electron chi connectivity index (χ1n) is 9.40. The lowest BCUT2D eigenvalue weighted by atomic mass is 10.1. The van der Waals surface area contributed by atoms with Crippen molar-refractivity contribution in [1.29, 1.82) is 0 Å². The maximum Gasteiger partial charge on any atom is 0.230 e. The molecular formula is C22H20FN5OS. The highest BCUT2D eigenvalue weighted by atomic mass is 32.2. The molecule has 4 rings (SSSR count). The van der Waals surface area contributed by atoms with Gasteiger partial charge < -0.3 is 9.88 Å². The molecule has 0 aliphatic heterocycles. The van der Waals surface area contributed by atoms with Crippen molar-refractivity contribution in [1.82, 2.24) is 24.4 Å². The van der Waals surface area contributed by atoms with Gasteiger partial charge in [-0.3, -0.25) is 9.36 Å². The molecule has 2 aromatic heterocycles. The van der Waals surface area contributed by atoms with Crippen LogP contribution in [-0.4, -0.2) is 30.8 Å². The number of nitrogens with one attached hydrogen (secondary N) is 1. The Morgan fingerprint density at radius 3 is 2.70 bits per heavy atom. The second kappa shape index (κ2) is 8.96. The minimum atomic E-state index is -0.317. The van der Waals surface area contributed by atoms with Gasteiger partial charge in [0.1, 0.15) is 5.82 Å². The Balaban J connectivity index is 1.35. The van der Waals surface area contributed by atoms with Crippen LogP contribution < -0.4 is 5.32 Å². The van der Waals surface area contributed by atoms with Crippen LogP contribution in [0, 0.1) is 5.82 Å². The molecule has 6 nitrogen and oxygen atoms in total. The van der Waals surface area contributed by atoms with E-state index in [9.17, 15) is 9.18 Å². The monoisotopic (exact) mass is 421 g/mol. The molecule has 2 heterocycles. The molecule has 8 heteroatoms. The van der Waals surface area contributed by atoms with E-state index < -0.39 is 0 Å². The fourth-order valence-electron chi connectivity index (χ4n) is 3.06. The Kier molecular flexibility index (Phi) is 5.94. The largest absolute Gasteiger partial charge is 0.349 e. The average molecular weight is 422 g/mol. The number of carbonyl (C=O) groups is 1. The Morgan fingerprint density at radius 2 is 1.97 bits per heavy atom. The van der Waals surface area contributed by atoms with Gasteiger partial charge in [-0.2, -0.15) is 0 Å². The SMILES string of the molecule is C[C@@H](NC(=O)CSc1nccn1-c1cccc(F)c1)c1ccc(-n2ccnc2)cc1. The number of aromatic nitrogens is 4. The molecule has 4 aromatic rings. The number of rotatable bonds is 7. The van der Waals surface area contributed by atoms with Crippen LogP contribution in [0.1, 0.15) is 18.5 Å². The first-order chi connectivity index (χ1) is 14.6. The van der Waals surface area contributed by atoms with Crippen LogP contribution in [-0.2, 0) is 4.79 Å². The van der Waals surface area contributed by atoms with Crippen LogP contribution in [0.3, 0.4) is 0 Å². The molecule has 0 saturated carbocycles. The van der Waals surface area contributed by atoms with Gasteiger partial charge in [-0.1, -0.05) is 30.0 Å². The van der Waals surface area contributed by atoms with Crippen LogP contribution in [0.2, 0.25) is 0 Å². The van der Waals surface area contributed by atoms with Gasteiger partial charge in [0.2, 0.25) is 5.91 Å². The zero-order valence-electron chi connectivity index (χ0n) is 16.3. The maximum atomic E-state index is 13.5.